The van der Waals surface area contributed by atoms with Gasteiger partial charge in [0, 0.05) is 24.8 Å². The molecule has 2 nitrogen and oxygen atoms in total. The summed E-state index contributed by atoms with van der Waals surface area (Å²) in [5.74, 6) is 0. The Hall–Kier alpha value is -1.02. The van der Waals surface area contributed by atoms with Crippen LogP contribution in [0.2, 0.25) is 0 Å². The lowest BCUT2D eigenvalue weighted by atomic mass is 9.98. The lowest BCUT2D eigenvalue weighted by molar-refractivity contribution is 0.462. The predicted molar refractivity (Wildman–Crippen MR) is 77.1 cm³/mol. The highest BCUT2D eigenvalue weighted by atomic mass is 15.2. The molecule has 0 heterocycles. The predicted octanol–water partition coefficient (Wildman–Crippen LogP) is 3.05. The number of rotatable bonds is 4. The minimum Gasteiger partial charge on any atom is -0.368 e. The van der Waals surface area contributed by atoms with Gasteiger partial charge in [0.15, 0.2) is 0 Å². The van der Waals surface area contributed by atoms with Crippen LogP contribution in [-0.4, -0.2) is 26.2 Å². The molecule has 0 fully saturated rings. The van der Waals surface area contributed by atoms with Crippen LogP contribution in [0.3, 0.4) is 0 Å². The third kappa shape index (κ3) is 3.01. The van der Waals surface area contributed by atoms with E-state index in [1.54, 1.807) is 0 Å². The molecule has 0 atom stereocenters. The Kier molecular flexibility index (Phi) is 4.21. The topological polar surface area (TPSA) is 15.3 Å². The summed E-state index contributed by atoms with van der Waals surface area (Å²) >= 11 is 0. The van der Waals surface area contributed by atoms with E-state index in [9.17, 15) is 0 Å². The Morgan fingerprint density at radius 1 is 1.12 bits per heavy atom. The molecule has 0 radical (unpaired) electrons. The summed E-state index contributed by atoms with van der Waals surface area (Å²) in [7, 11) is 4.19. The zero-order valence-corrected chi connectivity index (χ0v) is 12.3. The van der Waals surface area contributed by atoms with Gasteiger partial charge in [-0.2, -0.15) is 0 Å². The van der Waals surface area contributed by atoms with Gasteiger partial charge in [-0.05, 0) is 52.8 Å². The number of nitrogens with zero attached hydrogens (tertiary/aromatic N) is 1. The average molecular weight is 234 g/mol. The molecule has 1 aromatic rings. The zero-order valence-electron chi connectivity index (χ0n) is 12.3. The summed E-state index contributed by atoms with van der Waals surface area (Å²) in [6, 6.07) is 4.52. The second kappa shape index (κ2) is 5.09. The Balaban J connectivity index is 3.16. The van der Waals surface area contributed by atoms with E-state index in [0.29, 0.717) is 0 Å². The van der Waals surface area contributed by atoms with Gasteiger partial charge in [-0.3, -0.25) is 0 Å². The number of hydrogen-bond donors (Lipinski definition) is 1. The molecule has 0 bridgehead atoms. The number of anilines is 1. The minimum absolute atomic E-state index is 0.111. The molecule has 2 heteroatoms. The average Bonchev–Trinajstić information content (AvgIpc) is 2.15. The summed E-state index contributed by atoms with van der Waals surface area (Å²) in [5, 5.41) is 3.27. The molecule has 96 valence electrons. The molecule has 0 aromatic heterocycles. The summed E-state index contributed by atoms with van der Waals surface area (Å²) in [4.78, 5) is 2.38. The lowest BCUT2D eigenvalue weighted by Gasteiger charge is -2.39. The second-order valence-corrected chi connectivity index (χ2v) is 5.65. The highest BCUT2D eigenvalue weighted by Crippen LogP contribution is 2.30. The molecule has 17 heavy (non-hydrogen) atoms. The van der Waals surface area contributed by atoms with Crippen LogP contribution < -0.4 is 10.2 Å². The van der Waals surface area contributed by atoms with E-state index in [2.05, 4.69) is 64.0 Å². The Bertz CT molecular complexity index is 371. The van der Waals surface area contributed by atoms with Crippen molar-refractivity contribution in [2.24, 2.45) is 0 Å². The fourth-order valence-electron chi connectivity index (χ4n) is 2.56. The molecule has 0 unspecified atom stereocenters. The minimum atomic E-state index is 0.111. The van der Waals surface area contributed by atoms with Gasteiger partial charge in [-0.1, -0.05) is 17.7 Å². The van der Waals surface area contributed by atoms with Crippen LogP contribution in [0.4, 0.5) is 5.69 Å². The van der Waals surface area contributed by atoms with Crippen LogP contribution in [0.1, 0.15) is 30.5 Å². The van der Waals surface area contributed by atoms with Gasteiger partial charge in [0.05, 0.1) is 0 Å². The van der Waals surface area contributed by atoms with Crippen molar-refractivity contribution in [3.8, 4) is 0 Å². The fourth-order valence-corrected chi connectivity index (χ4v) is 2.56. The Labute approximate surface area is 106 Å². The quantitative estimate of drug-likeness (QED) is 0.861. The van der Waals surface area contributed by atoms with Gasteiger partial charge in [0.2, 0.25) is 0 Å². The maximum Gasteiger partial charge on any atom is 0.0467 e. The molecule has 0 aliphatic carbocycles. The van der Waals surface area contributed by atoms with E-state index in [-0.39, 0.29) is 5.54 Å². The van der Waals surface area contributed by atoms with Crippen LogP contribution >= 0.6 is 0 Å². The van der Waals surface area contributed by atoms with Crippen molar-refractivity contribution >= 4 is 5.69 Å². The van der Waals surface area contributed by atoms with Crippen LogP contribution in [0.15, 0.2) is 12.1 Å². The number of hydrogen-bond acceptors (Lipinski definition) is 2. The van der Waals surface area contributed by atoms with E-state index < -0.39 is 0 Å². The second-order valence-electron chi connectivity index (χ2n) is 5.65. The van der Waals surface area contributed by atoms with Gasteiger partial charge in [-0.25, -0.2) is 0 Å². The summed E-state index contributed by atoms with van der Waals surface area (Å²) < 4.78 is 0. The van der Waals surface area contributed by atoms with Crippen molar-refractivity contribution in [2.45, 2.75) is 40.2 Å². The summed E-state index contributed by atoms with van der Waals surface area (Å²) in [5.41, 5.74) is 5.52. The van der Waals surface area contributed by atoms with Crippen LogP contribution in [0, 0.1) is 20.8 Å². The number of likely N-dealkylation sites (N-methyl/N-ethyl adjacent to an activating group) is 2. The summed E-state index contributed by atoms with van der Waals surface area (Å²) in [6.07, 6.45) is 0. The highest BCUT2D eigenvalue weighted by molar-refractivity contribution is 5.61. The van der Waals surface area contributed by atoms with Crippen molar-refractivity contribution in [3.63, 3.8) is 0 Å². The first kappa shape index (κ1) is 14.0. The molecule has 0 amide bonds. The molecule has 0 saturated heterocycles. The van der Waals surface area contributed by atoms with Gasteiger partial charge in [0.1, 0.15) is 0 Å². The zero-order chi connectivity index (χ0) is 13.2. The third-order valence-corrected chi connectivity index (χ3v) is 3.49. The smallest absolute Gasteiger partial charge is 0.0467 e. The highest BCUT2D eigenvalue weighted by Gasteiger charge is 2.25. The normalized spacial score (nSPS) is 11.7. The standard InChI is InChI=1S/C15H26N2/c1-11-8-12(2)14(13(3)9-11)17(7)15(4,5)10-16-6/h8-9,16H,10H2,1-7H3. The maximum absolute atomic E-state index is 3.27. The maximum atomic E-state index is 3.27. The number of aryl methyl sites for hydroxylation is 3. The fraction of sp³-hybridized carbons (Fsp3) is 0.600. The molecule has 1 N–H and O–H groups in total. The van der Waals surface area contributed by atoms with Crippen molar-refractivity contribution in [1.82, 2.24) is 5.32 Å². The van der Waals surface area contributed by atoms with Gasteiger partial charge in [-0.15, -0.1) is 0 Å². The molecule has 0 aliphatic heterocycles. The first-order chi connectivity index (χ1) is 7.79. The SMILES string of the molecule is CNCC(C)(C)N(C)c1c(C)cc(C)cc1C. The largest absolute Gasteiger partial charge is 0.368 e. The Morgan fingerprint density at radius 2 is 1.59 bits per heavy atom. The third-order valence-electron chi connectivity index (χ3n) is 3.49. The number of benzene rings is 1. The molecule has 0 saturated carbocycles. The van der Waals surface area contributed by atoms with Crippen molar-refractivity contribution < 1.29 is 0 Å². The first-order valence-corrected chi connectivity index (χ1v) is 6.26. The monoisotopic (exact) mass is 234 g/mol. The van der Waals surface area contributed by atoms with E-state index in [1.165, 1.54) is 22.4 Å². The van der Waals surface area contributed by atoms with Crippen molar-refractivity contribution in [3.05, 3.63) is 28.8 Å². The van der Waals surface area contributed by atoms with Crippen molar-refractivity contribution in [1.29, 1.82) is 0 Å². The van der Waals surface area contributed by atoms with E-state index in [1.807, 2.05) is 7.05 Å². The number of nitrogens with one attached hydrogen (secondary N) is 1. The van der Waals surface area contributed by atoms with Crippen LogP contribution in [0.25, 0.3) is 0 Å². The lowest BCUT2D eigenvalue weighted by Crippen LogP contribution is -2.48. The molecular weight excluding hydrogens is 208 g/mol. The molecule has 1 rings (SSSR count). The van der Waals surface area contributed by atoms with E-state index in [0.717, 1.165) is 6.54 Å². The van der Waals surface area contributed by atoms with E-state index in [4.69, 9.17) is 0 Å². The Morgan fingerprint density at radius 3 is 2.00 bits per heavy atom. The van der Waals surface area contributed by atoms with Crippen molar-refractivity contribution in [2.75, 3.05) is 25.5 Å². The first-order valence-electron chi connectivity index (χ1n) is 6.26. The van der Waals surface area contributed by atoms with Gasteiger partial charge in [0.25, 0.3) is 0 Å². The van der Waals surface area contributed by atoms with Crippen LogP contribution in [0.5, 0.6) is 0 Å². The molecule has 0 spiro atoms. The van der Waals surface area contributed by atoms with E-state index >= 15 is 0 Å². The molecular formula is C15H26N2. The van der Waals surface area contributed by atoms with Crippen LogP contribution in [-0.2, 0) is 0 Å². The molecule has 1 aromatic carbocycles. The van der Waals surface area contributed by atoms with Gasteiger partial charge >= 0.3 is 0 Å². The summed E-state index contributed by atoms with van der Waals surface area (Å²) in [6.45, 7) is 12.0. The molecule has 0 aliphatic rings. The van der Waals surface area contributed by atoms with Gasteiger partial charge < -0.3 is 10.2 Å².